The van der Waals surface area contributed by atoms with E-state index in [0.29, 0.717) is 34.0 Å². The van der Waals surface area contributed by atoms with Crippen LogP contribution in [-0.4, -0.2) is 49.4 Å². The molecule has 0 bridgehead atoms. The molecule has 0 aliphatic carbocycles. The predicted octanol–water partition coefficient (Wildman–Crippen LogP) is 7.10. The normalized spacial score (nSPS) is 12.8. The van der Waals surface area contributed by atoms with Crippen LogP contribution in [0.15, 0.2) is 52.2 Å². The molecule has 1 N–H and O–H groups in total. The summed E-state index contributed by atoms with van der Waals surface area (Å²) in [5.74, 6) is -1.30. The van der Waals surface area contributed by atoms with E-state index >= 15 is 0 Å². The molecule has 0 aliphatic heterocycles. The topological polar surface area (TPSA) is 116 Å². The number of oxazole rings is 1. The van der Waals surface area contributed by atoms with E-state index in [1.54, 1.807) is 6.92 Å². The lowest BCUT2D eigenvalue weighted by molar-refractivity contribution is -0.192. The molecule has 8 nitrogen and oxygen atoms in total. The largest absolute Gasteiger partial charge is 0.490 e. The van der Waals surface area contributed by atoms with Gasteiger partial charge in [0.25, 0.3) is 0 Å². The van der Waals surface area contributed by atoms with Gasteiger partial charge < -0.3 is 19.0 Å². The van der Waals surface area contributed by atoms with E-state index in [1.807, 2.05) is 36.4 Å². The summed E-state index contributed by atoms with van der Waals surface area (Å²) in [5, 5.41) is 7.83. The molecule has 1 atom stereocenters. The van der Waals surface area contributed by atoms with Gasteiger partial charge in [-0.05, 0) is 42.3 Å². The molecule has 3 rings (SSSR count). The molecule has 0 saturated carbocycles. The van der Waals surface area contributed by atoms with Crippen LogP contribution in [0, 0.1) is 0 Å². The van der Waals surface area contributed by atoms with Gasteiger partial charge in [-0.2, -0.15) is 13.2 Å². The van der Waals surface area contributed by atoms with Crippen molar-refractivity contribution < 1.29 is 45.4 Å². The third-order valence-electron chi connectivity index (χ3n) is 5.46. The fourth-order valence-corrected chi connectivity index (χ4v) is 4.85. The molecule has 0 amide bonds. The number of benzene rings is 2. The molecule has 3 aromatic rings. The SMILES string of the molecule is CC(Oc1ccc(C(C)(C)c2cc(Cl)c(OCCCl)c(Cl)c2)cc1)c1ocnc1S(C)(=O)=O.O=C(O)C(F)(F)F. The van der Waals surface area contributed by atoms with Crippen LogP contribution in [0.5, 0.6) is 11.5 Å². The smallest absolute Gasteiger partial charge is 0.489 e. The van der Waals surface area contributed by atoms with Gasteiger partial charge in [0.05, 0.1) is 15.9 Å². The maximum Gasteiger partial charge on any atom is 0.490 e. The Morgan fingerprint density at radius 3 is 2.08 bits per heavy atom. The average molecular weight is 647 g/mol. The van der Waals surface area contributed by atoms with Crippen LogP contribution in [0.1, 0.15) is 43.8 Å². The highest BCUT2D eigenvalue weighted by molar-refractivity contribution is 7.90. The lowest BCUT2D eigenvalue weighted by atomic mass is 9.78. The third-order valence-corrected chi connectivity index (χ3v) is 7.18. The van der Waals surface area contributed by atoms with Crippen molar-refractivity contribution in [2.24, 2.45) is 0 Å². The Kier molecular flexibility index (Phi) is 11.2. The molecule has 0 radical (unpaired) electrons. The number of halogens is 6. The van der Waals surface area contributed by atoms with Gasteiger partial charge in [-0.3, -0.25) is 0 Å². The number of carbonyl (C=O) groups is 1. The number of alkyl halides is 4. The van der Waals surface area contributed by atoms with E-state index in [9.17, 15) is 21.6 Å². The fourth-order valence-electron chi connectivity index (χ4n) is 3.37. The first-order valence-electron chi connectivity index (χ1n) is 11.3. The second kappa shape index (κ2) is 13.3. The number of carboxylic acid groups (broad SMARTS) is 1. The zero-order chi connectivity index (χ0) is 30.5. The summed E-state index contributed by atoms with van der Waals surface area (Å²) in [6.45, 7) is 6.12. The highest BCUT2D eigenvalue weighted by Gasteiger charge is 2.38. The number of aromatic nitrogens is 1. The first-order valence-corrected chi connectivity index (χ1v) is 14.5. The van der Waals surface area contributed by atoms with Crippen molar-refractivity contribution in [2.75, 3.05) is 18.7 Å². The first-order chi connectivity index (χ1) is 18.4. The number of aliphatic carboxylic acids is 1. The standard InChI is InChI=1S/C23H24Cl3NO5S.C2HF3O2/c1-14(20-22(27-13-31-20)33(4,28)29)32-17-7-5-15(6-8-17)23(2,3)16-11-18(25)21(19(26)12-16)30-10-9-24;3-2(4,5)1(6)7/h5-8,11-14H,9-10H2,1-4H3;(H,6,7). The summed E-state index contributed by atoms with van der Waals surface area (Å²) in [7, 11) is -3.52. The van der Waals surface area contributed by atoms with Crippen LogP contribution in [0.25, 0.3) is 0 Å². The summed E-state index contributed by atoms with van der Waals surface area (Å²) < 4.78 is 72.2. The van der Waals surface area contributed by atoms with Crippen molar-refractivity contribution in [1.82, 2.24) is 4.98 Å². The minimum atomic E-state index is -5.08. The molecule has 15 heteroatoms. The third kappa shape index (κ3) is 8.66. The number of sulfone groups is 1. The molecule has 1 aromatic heterocycles. The zero-order valence-electron chi connectivity index (χ0n) is 21.6. The first kappa shape index (κ1) is 33.5. The summed E-state index contributed by atoms with van der Waals surface area (Å²) in [6.07, 6.45) is -3.55. The Hall–Kier alpha value is -2.67. The quantitative estimate of drug-likeness (QED) is 0.245. The summed E-state index contributed by atoms with van der Waals surface area (Å²) in [6, 6.07) is 11.1. The Labute approximate surface area is 243 Å². The number of hydrogen-bond acceptors (Lipinski definition) is 7. The summed E-state index contributed by atoms with van der Waals surface area (Å²) >= 11 is 18.5. The highest BCUT2D eigenvalue weighted by Crippen LogP contribution is 2.41. The molecule has 2 aromatic carbocycles. The van der Waals surface area contributed by atoms with Crippen LogP contribution in [0.3, 0.4) is 0 Å². The van der Waals surface area contributed by atoms with Crippen LogP contribution >= 0.6 is 34.8 Å². The molecule has 220 valence electrons. The molecule has 0 aliphatic rings. The average Bonchev–Trinajstić information content (AvgIpc) is 3.35. The molecule has 40 heavy (non-hydrogen) atoms. The number of nitrogens with zero attached hydrogens (tertiary/aromatic N) is 1. The maximum atomic E-state index is 11.9. The van der Waals surface area contributed by atoms with Crippen molar-refractivity contribution in [3.05, 3.63) is 69.7 Å². The van der Waals surface area contributed by atoms with E-state index < -0.39 is 33.5 Å². The van der Waals surface area contributed by atoms with Gasteiger partial charge in [-0.1, -0.05) is 49.2 Å². The van der Waals surface area contributed by atoms with Gasteiger partial charge in [-0.25, -0.2) is 18.2 Å². The number of hydrogen-bond donors (Lipinski definition) is 1. The van der Waals surface area contributed by atoms with E-state index in [2.05, 4.69) is 18.8 Å². The zero-order valence-corrected chi connectivity index (χ0v) is 24.6. The minimum absolute atomic E-state index is 0.125. The van der Waals surface area contributed by atoms with Crippen LogP contribution in [-0.2, 0) is 20.0 Å². The van der Waals surface area contributed by atoms with Crippen molar-refractivity contribution >= 4 is 50.6 Å². The van der Waals surface area contributed by atoms with Crippen molar-refractivity contribution in [3.63, 3.8) is 0 Å². The monoisotopic (exact) mass is 645 g/mol. The number of rotatable bonds is 9. The second-order valence-corrected chi connectivity index (χ2v) is 11.9. The van der Waals surface area contributed by atoms with Gasteiger partial charge >= 0.3 is 12.1 Å². The van der Waals surface area contributed by atoms with Crippen LogP contribution in [0.4, 0.5) is 13.2 Å². The Bertz CT molecular complexity index is 1400. The van der Waals surface area contributed by atoms with E-state index in [4.69, 9.17) is 58.6 Å². The molecule has 0 spiro atoms. The molecular weight excluding hydrogens is 622 g/mol. The molecule has 1 heterocycles. The van der Waals surface area contributed by atoms with E-state index in [1.165, 1.54) is 0 Å². The highest BCUT2D eigenvalue weighted by atomic mass is 35.5. The Morgan fingerprint density at radius 2 is 1.62 bits per heavy atom. The predicted molar refractivity (Wildman–Crippen MR) is 144 cm³/mol. The van der Waals surface area contributed by atoms with Gasteiger partial charge in [0.15, 0.2) is 38.9 Å². The summed E-state index contributed by atoms with van der Waals surface area (Å²) in [4.78, 5) is 12.7. The lowest BCUT2D eigenvalue weighted by Crippen LogP contribution is -2.21. The van der Waals surface area contributed by atoms with E-state index in [-0.39, 0.29) is 10.8 Å². The van der Waals surface area contributed by atoms with Gasteiger partial charge in [-0.15, -0.1) is 11.6 Å². The van der Waals surface area contributed by atoms with Gasteiger partial charge in [0.1, 0.15) is 12.4 Å². The second-order valence-electron chi connectivity index (χ2n) is 8.81. The van der Waals surface area contributed by atoms with Crippen LogP contribution < -0.4 is 9.47 Å². The summed E-state index contributed by atoms with van der Waals surface area (Å²) in [5.41, 5.74) is 1.49. The van der Waals surface area contributed by atoms with E-state index in [0.717, 1.165) is 23.8 Å². The maximum absolute atomic E-state index is 11.9. The van der Waals surface area contributed by atoms with Gasteiger partial charge in [0, 0.05) is 11.7 Å². The fraction of sp³-hybridized carbons (Fsp3) is 0.360. The van der Waals surface area contributed by atoms with Crippen molar-refractivity contribution in [3.8, 4) is 11.5 Å². The molecule has 1 unspecified atom stereocenters. The van der Waals surface area contributed by atoms with Crippen LogP contribution in [0.2, 0.25) is 10.0 Å². The molecular formula is C25H25Cl3F3NO7S. The van der Waals surface area contributed by atoms with Gasteiger partial charge in [0.2, 0.25) is 0 Å². The molecule has 0 saturated heterocycles. The number of carboxylic acids is 1. The Balaban J connectivity index is 0.000000708. The van der Waals surface area contributed by atoms with Crippen molar-refractivity contribution in [2.45, 2.75) is 43.5 Å². The molecule has 0 fully saturated rings. The number of ether oxygens (including phenoxy) is 2. The minimum Gasteiger partial charge on any atom is -0.489 e. The lowest BCUT2D eigenvalue weighted by Gasteiger charge is -2.27. The van der Waals surface area contributed by atoms with Crippen molar-refractivity contribution in [1.29, 1.82) is 0 Å². The Morgan fingerprint density at radius 1 is 1.10 bits per heavy atom.